The summed E-state index contributed by atoms with van der Waals surface area (Å²) in [4.78, 5) is 38.1. The van der Waals surface area contributed by atoms with E-state index in [2.05, 4.69) is 5.32 Å². The second-order valence-electron chi connectivity index (χ2n) is 5.85. The number of thioether (sulfide) groups is 1. The third-order valence-corrected chi connectivity index (χ3v) is 4.97. The van der Waals surface area contributed by atoms with Crippen LogP contribution in [0, 0.1) is 0 Å². The van der Waals surface area contributed by atoms with Gasteiger partial charge in [0, 0.05) is 17.7 Å². The molecule has 148 valence electrons. The molecule has 0 saturated heterocycles. The molecule has 0 atom stereocenters. The van der Waals surface area contributed by atoms with Crippen LogP contribution in [0.25, 0.3) is 0 Å². The van der Waals surface area contributed by atoms with E-state index in [4.69, 9.17) is 16.3 Å². The number of amides is 2. The number of hydrogen-bond acceptors (Lipinski definition) is 5. The Balaban J connectivity index is 1.66. The second kappa shape index (κ2) is 11.4. The third kappa shape index (κ3) is 7.62. The Morgan fingerprint density at radius 3 is 2.46 bits per heavy atom. The Morgan fingerprint density at radius 1 is 1.07 bits per heavy atom. The summed E-state index contributed by atoms with van der Waals surface area (Å²) in [6.07, 6.45) is 0.198. The van der Waals surface area contributed by atoms with Gasteiger partial charge in [-0.05, 0) is 24.3 Å². The van der Waals surface area contributed by atoms with E-state index < -0.39 is 24.4 Å². The van der Waals surface area contributed by atoms with E-state index in [9.17, 15) is 14.4 Å². The van der Waals surface area contributed by atoms with Crippen molar-refractivity contribution >= 4 is 46.8 Å². The fourth-order valence-electron chi connectivity index (χ4n) is 2.15. The maximum absolute atomic E-state index is 12.0. The molecule has 0 saturated carbocycles. The molecule has 1 N–H and O–H groups in total. The highest BCUT2D eigenvalue weighted by atomic mass is 35.5. The topological polar surface area (TPSA) is 75.7 Å². The number of carbonyl (C=O) groups excluding carboxylic acids is 3. The van der Waals surface area contributed by atoms with Gasteiger partial charge < -0.3 is 15.0 Å². The van der Waals surface area contributed by atoms with Crippen molar-refractivity contribution in [3.05, 3.63) is 59.6 Å². The van der Waals surface area contributed by atoms with Crippen LogP contribution in [0.4, 0.5) is 5.69 Å². The van der Waals surface area contributed by atoms with Crippen molar-refractivity contribution in [2.75, 3.05) is 31.3 Å². The summed E-state index contributed by atoms with van der Waals surface area (Å²) in [6, 6.07) is 16.5. The number of likely N-dealkylation sites (N-methyl/N-ethyl adjacent to an activating group) is 1. The lowest BCUT2D eigenvalue weighted by Crippen LogP contribution is -2.37. The van der Waals surface area contributed by atoms with E-state index in [-0.39, 0.29) is 13.0 Å². The number of ether oxygens (including phenoxy) is 1. The molecular formula is C20H21ClN2O4S. The number of nitrogens with one attached hydrogen (secondary N) is 1. The van der Waals surface area contributed by atoms with Crippen LogP contribution in [0.2, 0.25) is 5.02 Å². The first kappa shape index (κ1) is 21.8. The summed E-state index contributed by atoms with van der Waals surface area (Å²) < 4.78 is 4.99. The molecule has 8 heteroatoms. The molecular weight excluding hydrogens is 400 g/mol. The fraction of sp³-hybridized carbons (Fsp3) is 0.250. The highest BCUT2D eigenvalue weighted by Gasteiger charge is 2.16. The number of halogens is 1. The molecule has 6 nitrogen and oxygen atoms in total. The van der Waals surface area contributed by atoms with Gasteiger partial charge in [-0.2, -0.15) is 0 Å². The number of anilines is 1. The van der Waals surface area contributed by atoms with Gasteiger partial charge in [-0.1, -0.05) is 41.9 Å². The SMILES string of the molecule is CN(CC(=O)Nc1ccccc1Cl)C(=O)COC(=O)CCSc1ccccc1. The summed E-state index contributed by atoms with van der Waals surface area (Å²) in [5.41, 5.74) is 0.470. The minimum atomic E-state index is -0.460. The Kier molecular flexibility index (Phi) is 8.84. The molecule has 28 heavy (non-hydrogen) atoms. The van der Waals surface area contributed by atoms with E-state index in [1.54, 1.807) is 24.3 Å². The van der Waals surface area contributed by atoms with Crippen LogP contribution in [0.1, 0.15) is 6.42 Å². The smallest absolute Gasteiger partial charge is 0.307 e. The lowest BCUT2D eigenvalue weighted by Gasteiger charge is -2.17. The standard InChI is InChI=1S/C20H21ClN2O4S/c1-23(13-18(24)22-17-10-6-5-9-16(17)21)19(25)14-27-20(26)11-12-28-15-7-3-2-4-8-15/h2-10H,11-14H2,1H3,(H,22,24). The van der Waals surface area contributed by atoms with Gasteiger partial charge in [0.05, 0.1) is 23.7 Å². The summed E-state index contributed by atoms with van der Waals surface area (Å²) in [5, 5.41) is 3.04. The van der Waals surface area contributed by atoms with Crippen LogP contribution in [0.15, 0.2) is 59.5 Å². The Hall–Kier alpha value is -2.51. The van der Waals surface area contributed by atoms with Crippen molar-refractivity contribution in [2.24, 2.45) is 0 Å². The van der Waals surface area contributed by atoms with Crippen molar-refractivity contribution in [3.8, 4) is 0 Å². The van der Waals surface area contributed by atoms with Gasteiger partial charge in [0.1, 0.15) is 0 Å². The molecule has 2 aromatic carbocycles. The maximum Gasteiger partial charge on any atom is 0.307 e. The molecule has 2 rings (SSSR count). The number of rotatable bonds is 9. The fourth-order valence-corrected chi connectivity index (χ4v) is 3.19. The lowest BCUT2D eigenvalue weighted by molar-refractivity contribution is -0.151. The number of benzene rings is 2. The van der Waals surface area contributed by atoms with Crippen LogP contribution in [0.3, 0.4) is 0 Å². The molecule has 0 aliphatic rings. The normalized spacial score (nSPS) is 10.2. The van der Waals surface area contributed by atoms with Crippen molar-refractivity contribution in [3.63, 3.8) is 0 Å². The molecule has 2 amide bonds. The second-order valence-corrected chi connectivity index (χ2v) is 7.43. The molecule has 0 spiro atoms. The van der Waals surface area contributed by atoms with Gasteiger partial charge >= 0.3 is 5.97 Å². The first-order valence-electron chi connectivity index (χ1n) is 8.57. The average Bonchev–Trinajstić information content (AvgIpc) is 2.68. The minimum Gasteiger partial charge on any atom is -0.456 e. The summed E-state index contributed by atoms with van der Waals surface area (Å²) >= 11 is 7.52. The van der Waals surface area contributed by atoms with Gasteiger partial charge in [-0.25, -0.2) is 0 Å². The van der Waals surface area contributed by atoms with Gasteiger partial charge in [0.25, 0.3) is 5.91 Å². The number of hydrogen-bond donors (Lipinski definition) is 1. The van der Waals surface area contributed by atoms with E-state index in [1.807, 2.05) is 30.3 Å². The van der Waals surface area contributed by atoms with Gasteiger partial charge in [-0.3, -0.25) is 14.4 Å². The molecule has 0 unspecified atom stereocenters. The number of carbonyl (C=O) groups is 3. The third-order valence-electron chi connectivity index (χ3n) is 3.63. The van der Waals surface area contributed by atoms with Gasteiger partial charge in [-0.15, -0.1) is 11.8 Å². The monoisotopic (exact) mass is 420 g/mol. The summed E-state index contributed by atoms with van der Waals surface area (Å²) in [7, 11) is 1.47. The van der Waals surface area contributed by atoms with Crippen molar-refractivity contribution in [1.82, 2.24) is 4.90 Å². The zero-order valence-electron chi connectivity index (χ0n) is 15.4. The average molecular weight is 421 g/mol. The zero-order valence-corrected chi connectivity index (χ0v) is 17.0. The molecule has 0 aliphatic carbocycles. The minimum absolute atomic E-state index is 0.175. The Morgan fingerprint density at radius 2 is 1.75 bits per heavy atom. The highest BCUT2D eigenvalue weighted by Crippen LogP contribution is 2.20. The molecule has 0 aromatic heterocycles. The molecule has 0 fully saturated rings. The Bertz CT molecular complexity index is 817. The van der Waals surface area contributed by atoms with Crippen molar-refractivity contribution in [1.29, 1.82) is 0 Å². The lowest BCUT2D eigenvalue weighted by atomic mass is 10.3. The first-order chi connectivity index (χ1) is 13.5. The van der Waals surface area contributed by atoms with Crippen molar-refractivity contribution in [2.45, 2.75) is 11.3 Å². The Labute approximate surface area is 173 Å². The largest absolute Gasteiger partial charge is 0.456 e. The summed E-state index contributed by atoms with van der Waals surface area (Å²) in [6.45, 7) is -0.573. The molecule has 0 aliphatic heterocycles. The van der Waals surface area contributed by atoms with Crippen molar-refractivity contribution < 1.29 is 19.1 Å². The number of esters is 1. The zero-order chi connectivity index (χ0) is 20.4. The van der Waals surface area contributed by atoms with Crippen LogP contribution in [-0.2, 0) is 19.1 Å². The van der Waals surface area contributed by atoms with E-state index >= 15 is 0 Å². The summed E-state index contributed by atoms with van der Waals surface area (Å²) in [5.74, 6) is -0.744. The van der Waals surface area contributed by atoms with Crippen LogP contribution in [0.5, 0.6) is 0 Å². The maximum atomic E-state index is 12.0. The van der Waals surface area contributed by atoms with Crippen LogP contribution >= 0.6 is 23.4 Å². The van der Waals surface area contributed by atoms with E-state index in [0.717, 1.165) is 4.90 Å². The van der Waals surface area contributed by atoms with Gasteiger partial charge in [0.15, 0.2) is 6.61 Å². The molecule has 0 radical (unpaired) electrons. The van der Waals surface area contributed by atoms with Crippen LogP contribution in [-0.4, -0.2) is 48.6 Å². The predicted molar refractivity (Wildman–Crippen MR) is 110 cm³/mol. The molecule has 0 bridgehead atoms. The van der Waals surface area contributed by atoms with E-state index in [0.29, 0.717) is 16.5 Å². The molecule has 0 heterocycles. The quantitative estimate of drug-likeness (QED) is 0.496. The number of para-hydroxylation sites is 1. The predicted octanol–water partition coefficient (Wildman–Crippen LogP) is 3.46. The first-order valence-corrected chi connectivity index (χ1v) is 9.94. The molecule has 2 aromatic rings. The van der Waals surface area contributed by atoms with Gasteiger partial charge in [0.2, 0.25) is 5.91 Å². The van der Waals surface area contributed by atoms with Crippen LogP contribution < -0.4 is 5.32 Å². The highest BCUT2D eigenvalue weighted by molar-refractivity contribution is 7.99. The van der Waals surface area contributed by atoms with E-state index in [1.165, 1.54) is 23.7 Å². The number of nitrogens with zero attached hydrogens (tertiary/aromatic N) is 1.